The summed E-state index contributed by atoms with van der Waals surface area (Å²) >= 11 is 0. The topological polar surface area (TPSA) is 26.0 Å². The van der Waals surface area contributed by atoms with Gasteiger partial charge in [-0.2, -0.15) is 0 Å². The highest BCUT2D eigenvalue weighted by Gasteiger charge is 1.57. The summed E-state index contributed by atoms with van der Waals surface area (Å²) in [4.78, 5) is 0. The molecule has 0 aromatic rings. The van der Waals surface area contributed by atoms with Crippen LogP contribution in [0.5, 0.6) is 0 Å². The van der Waals surface area contributed by atoms with Crippen LogP contribution in [0.4, 0.5) is 0 Å². The third-order valence-electron chi connectivity index (χ3n) is 1.29. The Kier molecular flexibility index (Phi) is 88.1. The van der Waals surface area contributed by atoms with E-state index in [1.165, 1.54) is 25.7 Å². The molecular formula is C13H35N. The lowest BCUT2D eigenvalue weighted by atomic mass is 10.4. The van der Waals surface area contributed by atoms with Crippen molar-refractivity contribution in [2.24, 2.45) is 5.73 Å². The van der Waals surface area contributed by atoms with E-state index in [9.17, 15) is 0 Å². The minimum Gasteiger partial charge on any atom is -0.330 e. The molecule has 0 bridgehead atoms. The van der Waals surface area contributed by atoms with E-state index in [1.807, 2.05) is 13.8 Å². The smallest absolute Gasteiger partial charge is 0.00799 e. The van der Waals surface area contributed by atoms with Gasteiger partial charge >= 0.3 is 0 Å². The molecule has 0 atom stereocenters. The van der Waals surface area contributed by atoms with Gasteiger partial charge in [0.05, 0.1) is 0 Å². The fraction of sp³-hybridized carbons (Fsp3) is 1.00. The summed E-state index contributed by atoms with van der Waals surface area (Å²) < 4.78 is 0. The maximum Gasteiger partial charge on any atom is -0.00799 e. The summed E-state index contributed by atoms with van der Waals surface area (Å²) in [7, 11) is 0. The molecule has 14 heavy (non-hydrogen) atoms. The molecule has 0 amide bonds. The van der Waals surface area contributed by atoms with Crippen LogP contribution < -0.4 is 5.73 Å². The van der Waals surface area contributed by atoms with E-state index in [0.29, 0.717) is 0 Å². The summed E-state index contributed by atoms with van der Waals surface area (Å²) in [5.41, 5.74) is 5.03. The maximum absolute atomic E-state index is 5.03. The van der Waals surface area contributed by atoms with Crippen LogP contribution in [-0.4, -0.2) is 6.54 Å². The van der Waals surface area contributed by atoms with Gasteiger partial charge in [-0.1, -0.05) is 74.1 Å². The van der Waals surface area contributed by atoms with E-state index in [1.54, 1.807) is 0 Å². The van der Waals surface area contributed by atoms with Crippen LogP contribution in [0.3, 0.4) is 0 Å². The lowest BCUT2D eigenvalue weighted by Gasteiger charge is -1.70. The second-order valence-electron chi connectivity index (χ2n) is 2.79. The Morgan fingerprint density at radius 1 is 0.571 bits per heavy atom. The third-order valence-corrected chi connectivity index (χ3v) is 1.29. The normalized spacial score (nSPS) is 6.86. The van der Waals surface area contributed by atoms with Crippen LogP contribution >= 0.6 is 0 Å². The van der Waals surface area contributed by atoms with Gasteiger partial charge in [0.25, 0.3) is 0 Å². The first-order chi connectivity index (χ1) is 6.74. The van der Waals surface area contributed by atoms with Gasteiger partial charge < -0.3 is 5.73 Å². The van der Waals surface area contributed by atoms with Crippen molar-refractivity contribution in [1.82, 2.24) is 0 Å². The van der Waals surface area contributed by atoms with E-state index in [0.717, 1.165) is 13.0 Å². The third kappa shape index (κ3) is 164. The molecule has 0 spiro atoms. The van der Waals surface area contributed by atoms with Gasteiger partial charge in [0, 0.05) is 0 Å². The summed E-state index contributed by atoms with van der Waals surface area (Å²) in [6, 6.07) is 0. The average molecular weight is 205 g/mol. The Morgan fingerprint density at radius 2 is 0.714 bits per heavy atom. The van der Waals surface area contributed by atoms with Crippen molar-refractivity contribution in [3.63, 3.8) is 0 Å². The first-order valence-corrected chi connectivity index (χ1v) is 6.44. The van der Waals surface area contributed by atoms with E-state index < -0.39 is 0 Å². The minimum atomic E-state index is 0.819. The second kappa shape index (κ2) is 52.2. The molecule has 0 aromatic carbocycles. The van der Waals surface area contributed by atoms with E-state index in [4.69, 9.17) is 5.73 Å². The van der Waals surface area contributed by atoms with E-state index in [-0.39, 0.29) is 0 Å². The fourth-order valence-corrected chi connectivity index (χ4v) is 0. The highest BCUT2D eigenvalue weighted by molar-refractivity contribution is 4.19. The zero-order valence-corrected chi connectivity index (χ0v) is 11.8. The number of rotatable bonds is 3. The SMILES string of the molecule is CC.CCCC.CCCC.CCCN. The number of hydrogen-bond acceptors (Lipinski definition) is 1. The standard InChI is InChI=1S/2C4H10.C3H9N.C2H6/c2*1-3-4-2;1-2-3-4;1-2/h2*3-4H2,1-2H3;2-4H2,1H3;1-2H3. The number of nitrogens with two attached hydrogens (primary N) is 1. The largest absolute Gasteiger partial charge is 0.330 e. The highest BCUT2D eigenvalue weighted by Crippen LogP contribution is 1.77. The molecule has 2 N–H and O–H groups in total. The molecule has 0 heterocycles. The molecule has 0 saturated carbocycles. The summed E-state index contributed by atoms with van der Waals surface area (Å²) in [5, 5.41) is 0. The minimum absolute atomic E-state index is 0.819. The molecule has 0 unspecified atom stereocenters. The molecule has 0 rings (SSSR count). The van der Waals surface area contributed by atoms with Gasteiger partial charge in [-0.15, -0.1) is 0 Å². The molecule has 0 fully saturated rings. The van der Waals surface area contributed by atoms with E-state index in [2.05, 4.69) is 34.6 Å². The Morgan fingerprint density at radius 3 is 0.714 bits per heavy atom. The van der Waals surface area contributed by atoms with Crippen LogP contribution in [0.1, 0.15) is 80.6 Å². The van der Waals surface area contributed by atoms with Crippen LogP contribution in [0.25, 0.3) is 0 Å². The molecule has 0 aromatic heterocycles. The van der Waals surface area contributed by atoms with Crippen molar-refractivity contribution in [2.45, 2.75) is 80.6 Å². The van der Waals surface area contributed by atoms with Crippen molar-refractivity contribution >= 4 is 0 Å². The van der Waals surface area contributed by atoms with Crippen LogP contribution in [0.15, 0.2) is 0 Å². The Bertz CT molecular complexity index is 20.7. The molecule has 92 valence electrons. The van der Waals surface area contributed by atoms with Crippen molar-refractivity contribution in [3.8, 4) is 0 Å². The molecular weight excluding hydrogens is 170 g/mol. The predicted octanol–water partition coefficient (Wildman–Crippen LogP) is 4.99. The van der Waals surface area contributed by atoms with Gasteiger partial charge in [-0.25, -0.2) is 0 Å². The first kappa shape index (κ1) is 23.6. The van der Waals surface area contributed by atoms with Crippen molar-refractivity contribution in [2.75, 3.05) is 6.54 Å². The molecule has 0 radical (unpaired) electrons. The number of unbranched alkanes of at least 4 members (excludes halogenated alkanes) is 2. The van der Waals surface area contributed by atoms with Crippen LogP contribution in [0.2, 0.25) is 0 Å². The van der Waals surface area contributed by atoms with Crippen molar-refractivity contribution < 1.29 is 0 Å². The molecule has 0 saturated heterocycles. The first-order valence-electron chi connectivity index (χ1n) is 6.44. The lowest BCUT2D eigenvalue weighted by Crippen LogP contribution is -1.93. The quantitative estimate of drug-likeness (QED) is 0.690. The fourth-order valence-electron chi connectivity index (χ4n) is 0. The summed E-state index contributed by atoms with van der Waals surface area (Å²) in [5.74, 6) is 0. The summed E-state index contributed by atoms with van der Waals surface area (Å²) in [6.45, 7) is 15.6. The highest BCUT2D eigenvalue weighted by atomic mass is 14.5. The van der Waals surface area contributed by atoms with Crippen molar-refractivity contribution in [3.05, 3.63) is 0 Å². The molecule has 1 heteroatoms. The molecule has 0 aliphatic heterocycles. The Balaban J connectivity index is -0.0000000492. The average Bonchev–Trinajstić information content (AvgIpc) is 2.31. The second-order valence-corrected chi connectivity index (χ2v) is 2.79. The predicted molar refractivity (Wildman–Crippen MR) is 71.9 cm³/mol. The molecule has 0 aliphatic rings. The lowest BCUT2D eigenvalue weighted by molar-refractivity contribution is 0.886. The number of hydrogen-bond donors (Lipinski definition) is 1. The zero-order chi connectivity index (χ0) is 12.2. The Labute approximate surface area is 93.5 Å². The van der Waals surface area contributed by atoms with Crippen LogP contribution in [0, 0.1) is 0 Å². The molecule has 1 nitrogen and oxygen atoms in total. The van der Waals surface area contributed by atoms with Gasteiger partial charge in [0.1, 0.15) is 0 Å². The van der Waals surface area contributed by atoms with Crippen molar-refractivity contribution in [1.29, 1.82) is 0 Å². The van der Waals surface area contributed by atoms with Crippen LogP contribution in [-0.2, 0) is 0 Å². The van der Waals surface area contributed by atoms with Gasteiger partial charge in [0.2, 0.25) is 0 Å². The monoisotopic (exact) mass is 205 g/mol. The Hall–Kier alpha value is -0.0400. The molecule has 0 aliphatic carbocycles. The summed E-state index contributed by atoms with van der Waals surface area (Å²) in [6.07, 6.45) is 6.38. The van der Waals surface area contributed by atoms with Gasteiger partial charge in [0.15, 0.2) is 0 Å². The zero-order valence-electron chi connectivity index (χ0n) is 11.8. The van der Waals surface area contributed by atoms with Gasteiger partial charge in [-0.05, 0) is 13.0 Å². The maximum atomic E-state index is 5.03. The van der Waals surface area contributed by atoms with Gasteiger partial charge in [-0.3, -0.25) is 0 Å². The van der Waals surface area contributed by atoms with E-state index >= 15 is 0 Å².